The third-order valence-electron chi connectivity index (χ3n) is 5.22. The molecule has 19 heavy (non-hydrogen) atoms. The highest BCUT2D eigenvalue weighted by atomic mass is 16.2. The van der Waals surface area contributed by atoms with E-state index in [9.17, 15) is 9.59 Å². The van der Waals surface area contributed by atoms with Crippen molar-refractivity contribution in [2.75, 3.05) is 6.54 Å². The zero-order valence-corrected chi connectivity index (χ0v) is 11.4. The summed E-state index contributed by atoms with van der Waals surface area (Å²) < 4.78 is 0. The van der Waals surface area contributed by atoms with Gasteiger partial charge >= 0.3 is 0 Å². The van der Waals surface area contributed by atoms with Crippen LogP contribution < -0.4 is 11.1 Å². The van der Waals surface area contributed by atoms with Crippen LogP contribution in [0.5, 0.6) is 0 Å². The quantitative estimate of drug-likeness (QED) is 0.788. The van der Waals surface area contributed by atoms with E-state index in [4.69, 9.17) is 5.73 Å². The van der Waals surface area contributed by atoms with Crippen LogP contribution in [0.15, 0.2) is 0 Å². The summed E-state index contributed by atoms with van der Waals surface area (Å²) in [6.45, 7) is 0.790. The Hall–Kier alpha value is -1.06. The van der Waals surface area contributed by atoms with Crippen LogP contribution in [0, 0.1) is 29.6 Å². The predicted molar refractivity (Wildman–Crippen MR) is 72.0 cm³/mol. The maximum Gasteiger partial charge on any atom is 0.223 e. The van der Waals surface area contributed by atoms with Crippen molar-refractivity contribution >= 4 is 11.8 Å². The van der Waals surface area contributed by atoms with Crippen LogP contribution in [0.1, 0.15) is 44.9 Å². The van der Waals surface area contributed by atoms with E-state index in [2.05, 4.69) is 5.32 Å². The number of amides is 2. The van der Waals surface area contributed by atoms with E-state index in [1.807, 2.05) is 0 Å². The predicted octanol–water partition coefficient (Wildman–Crippen LogP) is 1.44. The molecule has 0 aliphatic heterocycles. The van der Waals surface area contributed by atoms with Gasteiger partial charge in [0.2, 0.25) is 11.8 Å². The molecule has 0 heterocycles. The summed E-state index contributed by atoms with van der Waals surface area (Å²) >= 11 is 0. The summed E-state index contributed by atoms with van der Waals surface area (Å²) in [5, 5.41) is 3.12. The summed E-state index contributed by atoms with van der Waals surface area (Å²) in [6, 6.07) is 0. The summed E-state index contributed by atoms with van der Waals surface area (Å²) in [6.07, 6.45) is 7.62. The SMILES string of the molecule is NC(=O)C1CCC(CNC(=O)C2CC2C2CC2)CC1. The van der Waals surface area contributed by atoms with E-state index < -0.39 is 0 Å². The molecule has 0 radical (unpaired) electrons. The second-order valence-electron chi connectivity index (χ2n) is 6.71. The molecule has 3 N–H and O–H groups in total. The highest BCUT2D eigenvalue weighted by Gasteiger charge is 2.51. The van der Waals surface area contributed by atoms with Gasteiger partial charge in [-0.15, -0.1) is 0 Å². The van der Waals surface area contributed by atoms with E-state index in [-0.39, 0.29) is 17.7 Å². The molecular formula is C15H24N2O2. The van der Waals surface area contributed by atoms with E-state index in [0.717, 1.165) is 44.6 Å². The molecule has 106 valence electrons. The lowest BCUT2D eigenvalue weighted by Gasteiger charge is -2.26. The van der Waals surface area contributed by atoms with Gasteiger partial charge in [0.15, 0.2) is 0 Å². The normalized spacial score (nSPS) is 37.7. The summed E-state index contributed by atoms with van der Waals surface area (Å²) in [7, 11) is 0. The van der Waals surface area contributed by atoms with Gasteiger partial charge in [0.1, 0.15) is 0 Å². The van der Waals surface area contributed by atoms with E-state index in [1.54, 1.807) is 0 Å². The van der Waals surface area contributed by atoms with Crippen LogP contribution in [-0.2, 0) is 9.59 Å². The number of nitrogens with two attached hydrogens (primary N) is 1. The first kappa shape index (κ1) is 12.9. The fourth-order valence-corrected chi connectivity index (χ4v) is 3.59. The molecule has 3 rings (SSSR count). The van der Waals surface area contributed by atoms with Crippen molar-refractivity contribution in [1.82, 2.24) is 5.32 Å². The van der Waals surface area contributed by atoms with Gasteiger partial charge in [-0.25, -0.2) is 0 Å². The molecule has 0 aromatic rings. The molecule has 2 unspecified atom stereocenters. The number of rotatable bonds is 5. The van der Waals surface area contributed by atoms with Crippen LogP contribution in [0.25, 0.3) is 0 Å². The minimum Gasteiger partial charge on any atom is -0.369 e. The van der Waals surface area contributed by atoms with Crippen LogP contribution in [-0.4, -0.2) is 18.4 Å². The minimum absolute atomic E-state index is 0.0645. The lowest BCUT2D eigenvalue weighted by atomic mass is 9.81. The van der Waals surface area contributed by atoms with E-state index in [0.29, 0.717) is 17.8 Å². The van der Waals surface area contributed by atoms with Crippen molar-refractivity contribution in [2.45, 2.75) is 44.9 Å². The number of primary amides is 1. The third kappa shape index (κ3) is 3.10. The number of hydrogen-bond acceptors (Lipinski definition) is 2. The number of carbonyl (C=O) groups excluding carboxylic acids is 2. The molecular weight excluding hydrogens is 240 g/mol. The smallest absolute Gasteiger partial charge is 0.223 e. The fraction of sp³-hybridized carbons (Fsp3) is 0.867. The second-order valence-corrected chi connectivity index (χ2v) is 6.71. The van der Waals surface area contributed by atoms with E-state index in [1.165, 1.54) is 12.8 Å². The fourth-order valence-electron chi connectivity index (χ4n) is 3.59. The standard InChI is InChI=1S/C15H24N2O2/c16-14(18)11-3-1-9(2-4-11)8-17-15(19)13-7-12(13)10-5-6-10/h9-13H,1-8H2,(H2,16,18)(H,17,19). The number of hydrogen-bond donors (Lipinski definition) is 2. The van der Waals surface area contributed by atoms with Gasteiger partial charge < -0.3 is 11.1 Å². The Morgan fingerprint density at radius 2 is 1.74 bits per heavy atom. The van der Waals surface area contributed by atoms with Crippen molar-refractivity contribution < 1.29 is 9.59 Å². The van der Waals surface area contributed by atoms with Crippen molar-refractivity contribution in [1.29, 1.82) is 0 Å². The van der Waals surface area contributed by atoms with Gasteiger partial charge in [-0.1, -0.05) is 0 Å². The van der Waals surface area contributed by atoms with Gasteiger partial charge in [-0.3, -0.25) is 9.59 Å². The molecule has 4 heteroatoms. The average Bonchev–Trinajstić information content (AvgIpc) is 3.28. The Kier molecular flexibility index (Phi) is 3.50. The van der Waals surface area contributed by atoms with Gasteiger partial charge in [0.05, 0.1) is 0 Å². The average molecular weight is 264 g/mol. The second kappa shape index (κ2) is 5.14. The molecule has 0 saturated heterocycles. The van der Waals surface area contributed by atoms with E-state index >= 15 is 0 Å². The number of nitrogens with one attached hydrogen (secondary N) is 1. The van der Waals surface area contributed by atoms with Crippen LogP contribution in [0.2, 0.25) is 0 Å². The zero-order chi connectivity index (χ0) is 13.4. The first-order valence-electron chi connectivity index (χ1n) is 7.72. The summed E-state index contributed by atoms with van der Waals surface area (Å²) in [4.78, 5) is 23.1. The molecule has 3 saturated carbocycles. The van der Waals surface area contributed by atoms with Crippen LogP contribution >= 0.6 is 0 Å². The Morgan fingerprint density at radius 3 is 2.32 bits per heavy atom. The summed E-state index contributed by atoms with van der Waals surface area (Å²) in [5.41, 5.74) is 5.32. The molecule has 0 aromatic carbocycles. The highest BCUT2D eigenvalue weighted by Crippen LogP contribution is 2.54. The zero-order valence-electron chi connectivity index (χ0n) is 11.4. The molecule has 0 bridgehead atoms. The molecule has 3 aliphatic rings. The lowest BCUT2D eigenvalue weighted by molar-refractivity contribution is -0.124. The van der Waals surface area contributed by atoms with Crippen molar-refractivity contribution in [3.8, 4) is 0 Å². The highest BCUT2D eigenvalue weighted by molar-refractivity contribution is 5.81. The van der Waals surface area contributed by atoms with Gasteiger partial charge in [0.25, 0.3) is 0 Å². The summed E-state index contributed by atoms with van der Waals surface area (Å²) in [5.74, 6) is 2.59. The third-order valence-corrected chi connectivity index (χ3v) is 5.22. The van der Waals surface area contributed by atoms with Crippen molar-refractivity contribution in [3.05, 3.63) is 0 Å². The molecule has 3 aliphatic carbocycles. The van der Waals surface area contributed by atoms with Gasteiger partial charge in [-0.05, 0) is 62.7 Å². The Labute approximate surface area is 114 Å². The van der Waals surface area contributed by atoms with Crippen molar-refractivity contribution in [3.63, 3.8) is 0 Å². The largest absolute Gasteiger partial charge is 0.369 e. The monoisotopic (exact) mass is 264 g/mol. The topological polar surface area (TPSA) is 72.2 Å². The molecule has 2 amide bonds. The molecule has 2 atom stereocenters. The first-order chi connectivity index (χ1) is 9.15. The molecule has 0 aromatic heterocycles. The first-order valence-corrected chi connectivity index (χ1v) is 7.72. The molecule has 3 fully saturated rings. The lowest BCUT2D eigenvalue weighted by Crippen LogP contribution is -2.34. The Balaban J connectivity index is 1.34. The van der Waals surface area contributed by atoms with Gasteiger partial charge in [-0.2, -0.15) is 0 Å². The van der Waals surface area contributed by atoms with Crippen LogP contribution in [0.3, 0.4) is 0 Å². The molecule has 0 spiro atoms. The Bertz CT molecular complexity index is 370. The number of carbonyl (C=O) groups is 2. The molecule has 4 nitrogen and oxygen atoms in total. The Morgan fingerprint density at radius 1 is 1.05 bits per heavy atom. The maximum absolute atomic E-state index is 12.0. The van der Waals surface area contributed by atoms with Gasteiger partial charge in [0, 0.05) is 18.4 Å². The maximum atomic E-state index is 12.0. The van der Waals surface area contributed by atoms with Crippen LogP contribution in [0.4, 0.5) is 0 Å². The minimum atomic E-state index is -0.159. The van der Waals surface area contributed by atoms with Crippen molar-refractivity contribution in [2.24, 2.45) is 35.3 Å².